The summed E-state index contributed by atoms with van der Waals surface area (Å²) in [5.41, 5.74) is 2.14. The molecule has 0 fully saturated rings. The molecule has 1 heterocycles. The number of benzene rings is 2. The lowest BCUT2D eigenvalue weighted by atomic mass is 9.86. The van der Waals surface area contributed by atoms with E-state index in [-0.39, 0.29) is 23.4 Å². The molecule has 2 aliphatic rings. The summed E-state index contributed by atoms with van der Waals surface area (Å²) in [6.45, 7) is 0. The first kappa shape index (κ1) is 12.8. The average molecular weight is 288 g/mol. The second-order valence-electron chi connectivity index (χ2n) is 5.25. The van der Waals surface area contributed by atoms with Gasteiger partial charge in [0.05, 0.1) is 5.57 Å². The highest BCUT2D eigenvalue weighted by Gasteiger charge is 2.35. The Morgan fingerprint density at radius 3 is 2.14 bits per heavy atom. The van der Waals surface area contributed by atoms with Gasteiger partial charge >= 0.3 is 0 Å². The summed E-state index contributed by atoms with van der Waals surface area (Å²) in [7, 11) is 0. The molecule has 2 aromatic carbocycles. The smallest absolute Gasteiger partial charge is 0.229 e. The molecule has 1 aliphatic carbocycles. The van der Waals surface area contributed by atoms with Gasteiger partial charge in [-0.15, -0.1) is 0 Å². The van der Waals surface area contributed by atoms with Crippen LogP contribution in [0.3, 0.4) is 0 Å². The molecule has 0 aromatic heterocycles. The van der Waals surface area contributed by atoms with Crippen LogP contribution >= 0.6 is 0 Å². The first-order chi connectivity index (χ1) is 10.8. The van der Waals surface area contributed by atoms with Crippen LogP contribution in [0.5, 0.6) is 0 Å². The molecule has 0 spiro atoms. The first-order valence-electron chi connectivity index (χ1n) is 7.08. The van der Waals surface area contributed by atoms with Gasteiger partial charge < -0.3 is 4.74 Å². The highest BCUT2D eigenvalue weighted by atomic mass is 16.5. The van der Waals surface area contributed by atoms with Crippen LogP contribution in [0.2, 0.25) is 0 Å². The molecule has 1 aliphatic heterocycles. The van der Waals surface area contributed by atoms with E-state index in [1.54, 1.807) is 30.3 Å². The van der Waals surface area contributed by atoms with Gasteiger partial charge in [-0.3, -0.25) is 9.59 Å². The number of carbonyl (C=O) groups excluding carboxylic acids is 2. The Kier molecular flexibility index (Phi) is 2.79. The molecule has 0 N–H and O–H groups in total. The monoisotopic (exact) mass is 288 g/mol. The molecule has 106 valence electrons. The highest BCUT2D eigenvalue weighted by Crippen LogP contribution is 2.35. The maximum atomic E-state index is 12.6. The predicted molar refractivity (Wildman–Crippen MR) is 81.5 cm³/mol. The molecule has 3 heteroatoms. The van der Waals surface area contributed by atoms with E-state index in [0.29, 0.717) is 16.7 Å². The average Bonchev–Trinajstić information content (AvgIpc) is 2.60. The van der Waals surface area contributed by atoms with Gasteiger partial charge in [-0.25, -0.2) is 0 Å². The molecule has 1 unspecified atom stereocenters. The summed E-state index contributed by atoms with van der Waals surface area (Å²) >= 11 is 0. The van der Waals surface area contributed by atoms with Gasteiger partial charge in [0.2, 0.25) is 5.78 Å². The van der Waals surface area contributed by atoms with Crippen LogP contribution in [-0.4, -0.2) is 11.6 Å². The minimum Gasteiger partial charge on any atom is -0.477 e. The standard InChI is InChI=1S/C19H12O3/c20-17-13-8-4-5-9-14(13)18(21)19-15(17)10-11-16(22-19)12-6-2-1-3-7-12/h1-11,16H. The highest BCUT2D eigenvalue weighted by molar-refractivity contribution is 6.27. The van der Waals surface area contributed by atoms with Crippen LogP contribution in [0.1, 0.15) is 32.4 Å². The van der Waals surface area contributed by atoms with Gasteiger partial charge in [-0.2, -0.15) is 0 Å². The Bertz CT molecular complexity index is 844. The lowest BCUT2D eigenvalue weighted by Crippen LogP contribution is -2.25. The summed E-state index contributed by atoms with van der Waals surface area (Å²) in [5, 5.41) is 0. The summed E-state index contributed by atoms with van der Waals surface area (Å²) in [4.78, 5) is 25.1. The van der Waals surface area contributed by atoms with Crippen molar-refractivity contribution in [3.05, 3.63) is 94.8 Å². The van der Waals surface area contributed by atoms with Crippen molar-refractivity contribution in [3.63, 3.8) is 0 Å². The number of carbonyl (C=O) groups is 2. The number of Topliss-reactive ketones (excluding diaryl/α,β-unsaturated/α-hetero) is 2. The lowest BCUT2D eigenvalue weighted by molar-refractivity contribution is 0.0801. The van der Waals surface area contributed by atoms with Gasteiger partial charge in [-0.1, -0.05) is 54.6 Å². The summed E-state index contributed by atoms with van der Waals surface area (Å²) in [5.74, 6) is -0.233. The number of hydrogen-bond donors (Lipinski definition) is 0. The predicted octanol–water partition coefficient (Wildman–Crippen LogP) is 3.65. The minimum atomic E-state index is -0.345. The van der Waals surface area contributed by atoms with E-state index in [4.69, 9.17) is 4.74 Å². The van der Waals surface area contributed by atoms with Crippen molar-refractivity contribution in [2.75, 3.05) is 0 Å². The van der Waals surface area contributed by atoms with Gasteiger partial charge in [0.1, 0.15) is 6.10 Å². The van der Waals surface area contributed by atoms with Crippen molar-refractivity contribution >= 4 is 11.6 Å². The maximum Gasteiger partial charge on any atom is 0.229 e. The Morgan fingerprint density at radius 1 is 0.773 bits per heavy atom. The van der Waals surface area contributed by atoms with Gasteiger partial charge in [0, 0.05) is 11.1 Å². The Hall–Kier alpha value is -2.94. The third kappa shape index (κ3) is 1.83. The number of ketones is 2. The number of hydrogen-bond acceptors (Lipinski definition) is 3. The molecular formula is C19H12O3. The van der Waals surface area contributed by atoms with E-state index in [1.807, 2.05) is 36.4 Å². The molecular weight excluding hydrogens is 276 g/mol. The topological polar surface area (TPSA) is 43.4 Å². The van der Waals surface area contributed by atoms with Crippen LogP contribution in [-0.2, 0) is 4.74 Å². The molecule has 4 rings (SSSR count). The molecule has 1 atom stereocenters. The van der Waals surface area contributed by atoms with Crippen molar-refractivity contribution in [1.29, 1.82) is 0 Å². The largest absolute Gasteiger partial charge is 0.477 e. The van der Waals surface area contributed by atoms with E-state index in [9.17, 15) is 9.59 Å². The quantitative estimate of drug-likeness (QED) is 0.804. The summed E-state index contributed by atoms with van der Waals surface area (Å²) in [6.07, 6.45) is 3.17. The zero-order valence-corrected chi connectivity index (χ0v) is 11.7. The molecule has 0 amide bonds. The van der Waals surface area contributed by atoms with Gasteiger partial charge in [0.25, 0.3) is 0 Å². The normalized spacial score (nSPS) is 19.5. The molecule has 0 saturated heterocycles. The SMILES string of the molecule is O=C1C2=C(OC(c3ccccc3)C=C2)C(=O)c2ccccc21. The van der Waals surface area contributed by atoms with Gasteiger partial charge in [0.15, 0.2) is 11.5 Å². The van der Waals surface area contributed by atoms with Crippen LogP contribution < -0.4 is 0 Å². The fourth-order valence-corrected chi connectivity index (χ4v) is 2.81. The van der Waals surface area contributed by atoms with Crippen LogP contribution in [0.4, 0.5) is 0 Å². The second-order valence-corrected chi connectivity index (χ2v) is 5.25. The Balaban J connectivity index is 1.77. The molecule has 0 bridgehead atoms. The van der Waals surface area contributed by atoms with E-state index < -0.39 is 0 Å². The molecule has 0 radical (unpaired) electrons. The van der Waals surface area contributed by atoms with E-state index in [1.165, 1.54) is 0 Å². The van der Waals surface area contributed by atoms with E-state index in [2.05, 4.69) is 0 Å². The van der Waals surface area contributed by atoms with Crippen molar-refractivity contribution in [2.24, 2.45) is 0 Å². The maximum absolute atomic E-state index is 12.6. The van der Waals surface area contributed by atoms with Crippen LogP contribution in [0.25, 0.3) is 0 Å². The van der Waals surface area contributed by atoms with Crippen molar-refractivity contribution < 1.29 is 14.3 Å². The fraction of sp³-hybridized carbons (Fsp3) is 0.0526. The number of allylic oxidation sites excluding steroid dienone is 3. The third-order valence-electron chi connectivity index (χ3n) is 3.92. The lowest BCUT2D eigenvalue weighted by Gasteiger charge is -2.26. The number of rotatable bonds is 1. The van der Waals surface area contributed by atoms with Crippen molar-refractivity contribution in [1.82, 2.24) is 0 Å². The van der Waals surface area contributed by atoms with Crippen LogP contribution in [0, 0.1) is 0 Å². The van der Waals surface area contributed by atoms with Crippen molar-refractivity contribution in [2.45, 2.75) is 6.10 Å². The second kappa shape index (κ2) is 4.81. The summed E-state index contributed by atoms with van der Waals surface area (Å²) in [6, 6.07) is 16.5. The fourth-order valence-electron chi connectivity index (χ4n) is 2.81. The Labute approximate surface area is 127 Å². The number of fused-ring (bicyclic) bond motifs is 1. The van der Waals surface area contributed by atoms with E-state index >= 15 is 0 Å². The third-order valence-corrected chi connectivity index (χ3v) is 3.92. The molecule has 22 heavy (non-hydrogen) atoms. The zero-order chi connectivity index (χ0) is 15.1. The molecule has 3 nitrogen and oxygen atoms in total. The van der Waals surface area contributed by atoms with Crippen molar-refractivity contribution in [3.8, 4) is 0 Å². The minimum absolute atomic E-state index is 0.153. The molecule has 2 aromatic rings. The van der Waals surface area contributed by atoms with Crippen LogP contribution in [0.15, 0.2) is 78.1 Å². The summed E-state index contributed by atoms with van der Waals surface area (Å²) < 4.78 is 5.84. The zero-order valence-electron chi connectivity index (χ0n) is 11.7. The number of ether oxygens (including phenoxy) is 1. The first-order valence-corrected chi connectivity index (χ1v) is 7.08. The molecule has 0 saturated carbocycles. The van der Waals surface area contributed by atoms with Gasteiger partial charge in [-0.05, 0) is 17.7 Å². The van der Waals surface area contributed by atoms with E-state index in [0.717, 1.165) is 5.56 Å². The Morgan fingerprint density at radius 2 is 1.41 bits per heavy atom.